The fraction of sp³-hybridized carbons (Fsp3) is 0.235. The van der Waals surface area contributed by atoms with E-state index < -0.39 is 0 Å². The number of aryl methyl sites for hydroxylation is 1. The van der Waals surface area contributed by atoms with E-state index in [0.29, 0.717) is 13.2 Å². The molecular formula is C34H32FNO2. The first-order valence-electron chi connectivity index (χ1n) is 13.3. The van der Waals surface area contributed by atoms with E-state index in [9.17, 15) is 9.50 Å². The number of ether oxygens (including phenoxy) is 1. The fourth-order valence-electron chi connectivity index (χ4n) is 6.40. The molecule has 4 heteroatoms. The molecule has 0 heterocycles. The van der Waals surface area contributed by atoms with E-state index in [4.69, 9.17) is 10.5 Å². The maximum atomic E-state index is 14.2. The van der Waals surface area contributed by atoms with Crippen LogP contribution < -0.4 is 5.73 Å². The normalized spacial score (nSPS) is 17.1. The van der Waals surface area contributed by atoms with Crippen LogP contribution in [0.25, 0.3) is 21.5 Å². The summed E-state index contributed by atoms with van der Waals surface area (Å²) in [6.07, 6.45) is 1.84. The second kappa shape index (κ2) is 10.7. The van der Waals surface area contributed by atoms with Crippen LogP contribution in [0.1, 0.15) is 51.6 Å². The molecule has 0 radical (unpaired) electrons. The van der Waals surface area contributed by atoms with Gasteiger partial charge in [-0.25, -0.2) is 4.39 Å². The number of hydrogen-bond acceptors (Lipinski definition) is 3. The SMILES string of the molecule is NCc1cc(F)ccc1C1CCc2ccc3c(c(CO)cc4ccccc43)c2C1COCc1ccccc1. The average Bonchev–Trinajstić information content (AvgIpc) is 2.97. The van der Waals surface area contributed by atoms with E-state index >= 15 is 0 Å². The smallest absolute Gasteiger partial charge is 0.123 e. The lowest BCUT2D eigenvalue weighted by molar-refractivity contribution is 0.0973. The van der Waals surface area contributed by atoms with Crippen LogP contribution in [0.3, 0.4) is 0 Å². The molecule has 0 aliphatic heterocycles. The van der Waals surface area contributed by atoms with Crippen LogP contribution in [0.2, 0.25) is 0 Å². The zero-order chi connectivity index (χ0) is 26.1. The molecule has 3 N–H and O–H groups in total. The summed E-state index contributed by atoms with van der Waals surface area (Å²) in [4.78, 5) is 0. The van der Waals surface area contributed by atoms with Crippen molar-refractivity contribution >= 4 is 21.5 Å². The Morgan fingerprint density at radius 1 is 0.868 bits per heavy atom. The summed E-state index contributed by atoms with van der Waals surface area (Å²) in [5.74, 6) is -0.101. The number of benzene rings is 5. The Balaban J connectivity index is 1.52. The Hall–Kier alpha value is -3.57. The van der Waals surface area contributed by atoms with Crippen molar-refractivity contribution in [2.45, 2.75) is 44.4 Å². The standard InChI is InChI=1S/C34H32FNO2/c35-27-12-15-29(25(17-27)18-36)30-13-10-23-11-14-31-28-9-5-4-8-24(28)16-26(19-37)34(31)33(23)32(30)21-38-20-22-6-2-1-3-7-22/h1-9,11-12,14-17,30,32,37H,10,13,18-21,36H2. The van der Waals surface area contributed by atoms with Crippen molar-refractivity contribution in [1.82, 2.24) is 0 Å². The number of hydrogen-bond donors (Lipinski definition) is 2. The van der Waals surface area contributed by atoms with Gasteiger partial charge in [-0.2, -0.15) is 0 Å². The summed E-state index contributed by atoms with van der Waals surface area (Å²) in [6.45, 7) is 1.29. The first kappa shape index (κ1) is 24.7. The summed E-state index contributed by atoms with van der Waals surface area (Å²) in [7, 11) is 0. The van der Waals surface area contributed by atoms with Crippen molar-refractivity contribution in [3.63, 3.8) is 0 Å². The quantitative estimate of drug-likeness (QED) is 0.232. The van der Waals surface area contributed by atoms with Crippen LogP contribution in [0.15, 0.2) is 91.0 Å². The highest BCUT2D eigenvalue weighted by Crippen LogP contribution is 2.48. The second-order valence-corrected chi connectivity index (χ2v) is 10.3. The van der Waals surface area contributed by atoms with Gasteiger partial charge in [0.15, 0.2) is 0 Å². The second-order valence-electron chi connectivity index (χ2n) is 10.3. The van der Waals surface area contributed by atoms with Crippen LogP contribution in [-0.4, -0.2) is 11.7 Å². The summed E-state index contributed by atoms with van der Waals surface area (Å²) in [5, 5.41) is 15.1. The van der Waals surface area contributed by atoms with E-state index in [2.05, 4.69) is 48.5 Å². The third-order valence-electron chi connectivity index (χ3n) is 8.12. The minimum absolute atomic E-state index is 0.0355. The summed E-state index contributed by atoms with van der Waals surface area (Å²) >= 11 is 0. The maximum Gasteiger partial charge on any atom is 0.123 e. The molecule has 38 heavy (non-hydrogen) atoms. The molecule has 2 atom stereocenters. The monoisotopic (exact) mass is 505 g/mol. The molecule has 1 aliphatic rings. The number of fused-ring (bicyclic) bond motifs is 5. The predicted octanol–water partition coefficient (Wildman–Crippen LogP) is 7.11. The molecule has 5 aromatic carbocycles. The molecule has 0 bridgehead atoms. The molecule has 6 rings (SSSR count). The topological polar surface area (TPSA) is 55.5 Å². The fourth-order valence-corrected chi connectivity index (χ4v) is 6.40. The molecule has 0 saturated carbocycles. The van der Waals surface area contributed by atoms with E-state index in [1.807, 2.05) is 30.3 Å². The third-order valence-corrected chi connectivity index (χ3v) is 8.12. The molecule has 0 spiro atoms. The van der Waals surface area contributed by atoms with Gasteiger partial charge in [-0.15, -0.1) is 0 Å². The van der Waals surface area contributed by atoms with Crippen molar-refractivity contribution in [2.75, 3.05) is 6.61 Å². The lowest BCUT2D eigenvalue weighted by atomic mass is 9.69. The largest absolute Gasteiger partial charge is 0.392 e. The Bertz CT molecular complexity index is 1600. The van der Waals surface area contributed by atoms with Gasteiger partial charge in [0.1, 0.15) is 5.82 Å². The van der Waals surface area contributed by atoms with Crippen molar-refractivity contribution in [2.24, 2.45) is 5.73 Å². The molecule has 0 saturated heterocycles. The summed E-state index contributed by atoms with van der Waals surface area (Å²) in [6, 6.07) is 30.2. The summed E-state index contributed by atoms with van der Waals surface area (Å²) < 4.78 is 20.6. The lowest BCUT2D eigenvalue weighted by Gasteiger charge is -2.36. The first-order chi connectivity index (χ1) is 18.7. The van der Waals surface area contributed by atoms with E-state index in [-0.39, 0.29) is 30.8 Å². The maximum absolute atomic E-state index is 14.2. The molecule has 3 nitrogen and oxygen atoms in total. The van der Waals surface area contributed by atoms with Crippen LogP contribution in [0, 0.1) is 5.82 Å². The van der Waals surface area contributed by atoms with Crippen molar-refractivity contribution in [1.29, 1.82) is 0 Å². The molecule has 0 aromatic heterocycles. The van der Waals surface area contributed by atoms with Crippen LogP contribution in [0.5, 0.6) is 0 Å². The van der Waals surface area contributed by atoms with Crippen LogP contribution in [-0.2, 0) is 30.9 Å². The van der Waals surface area contributed by atoms with Gasteiger partial charge in [0.05, 0.1) is 19.8 Å². The highest BCUT2D eigenvalue weighted by molar-refractivity contribution is 6.10. The molecular weight excluding hydrogens is 473 g/mol. The van der Waals surface area contributed by atoms with Gasteiger partial charge in [-0.3, -0.25) is 0 Å². The number of rotatable bonds is 7. The molecule has 192 valence electrons. The number of halogens is 1. The predicted molar refractivity (Wildman–Crippen MR) is 152 cm³/mol. The van der Waals surface area contributed by atoms with Crippen molar-refractivity contribution in [3.05, 3.63) is 130 Å². The molecule has 0 fully saturated rings. The zero-order valence-electron chi connectivity index (χ0n) is 21.4. The van der Waals surface area contributed by atoms with Gasteiger partial charge in [-0.05, 0) is 91.9 Å². The first-order valence-corrected chi connectivity index (χ1v) is 13.3. The zero-order valence-corrected chi connectivity index (χ0v) is 21.4. The minimum atomic E-state index is -0.262. The van der Waals surface area contributed by atoms with Gasteiger partial charge in [0.2, 0.25) is 0 Å². The number of aliphatic hydroxyl groups excluding tert-OH is 1. The van der Waals surface area contributed by atoms with E-state index in [1.165, 1.54) is 16.5 Å². The van der Waals surface area contributed by atoms with Crippen LogP contribution >= 0.6 is 0 Å². The van der Waals surface area contributed by atoms with Gasteiger partial charge < -0.3 is 15.6 Å². The van der Waals surface area contributed by atoms with Gasteiger partial charge in [0.25, 0.3) is 0 Å². The van der Waals surface area contributed by atoms with Gasteiger partial charge in [-0.1, -0.05) is 72.8 Å². The Morgan fingerprint density at radius 3 is 2.50 bits per heavy atom. The van der Waals surface area contributed by atoms with Crippen molar-refractivity contribution in [3.8, 4) is 0 Å². The summed E-state index contributed by atoms with van der Waals surface area (Å²) in [5.41, 5.74) is 12.7. The van der Waals surface area contributed by atoms with Gasteiger partial charge in [0, 0.05) is 12.5 Å². The average molecular weight is 506 g/mol. The minimum Gasteiger partial charge on any atom is -0.392 e. The van der Waals surface area contributed by atoms with E-state index in [1.54, 1.807) is 12.1 Å². The molecule has 2 unspecified atom stereocenters. The number of aliphatic hydroxyl groups is 1. The van der Waals surface area contributed by atoms with Crippen molar-refractivity contribution < 1.29 is 14.2 Å². The highest BCUT2D eigenvalue weighted by atomic mass is 19.1. The van der Waals surface area contributed by atoms with Gasteiger partial charge >= 0.3 is 0 Å². The lowest BCUT2D eigenvalue weighted by Crippen LogP contribution is -2.25. The molecule has 0 amide bonds. The Kier molecular flexibility index (Phi) is 6.94. The number of nitrogens with two attached hydrogens (primary N) is 1. The third kappa shape index (κ3) is 4.49. The molecule has 1 aliphatic carbocycles. The highest BCUT2D eigenvalue weighted by Gasteiger charge is 2.34. The Morgan fingerprint density at radius 2 is 1.68 bits per heavy atom. The Labute approximate surface area is 222 Å². The van der Waals surface area contributed by atoms with E-state index in [0.717, 1.165) is 51.3 Å². The van der Waals surface area contributed by atoms with Crippen LogP contribution in [0.4, 0.5) is 4.39 Å². The molecule has 5 aromatic rings.